The van der Waals surface area contributed by atoms with Gasteiger partial charge in [-0.15, -0.1) is 0 Å². The first-order chi connectivity index (χ1) is 14.0. The lowest BCUT2D eigenvalue weighted by atomic mass is 10.1. The number of ether oxygens (including phenoxy) is 3. The molecule has 0 aliphatic carbocycles. The number of amides is 1. The van der Waals surface area contributed by atoms with Crippen molar-refractivity contribution in [2.75, 3.05) is 13.2 Å². The average molecular weight is 391 g/mol. The summed E-state index contributed by atoms with van der Waals surface area (Å²) < 4.78 is 16.3. The molecule has 3 aromatic rings. The van der Waals surface area contributed by atoms with E-state index in [9.17, 15) is 9.59 Å². The minimum absolute atomic E-state index is 0.0331. The minimum atomic E-state index is -0.641. The van der Waals surface area contributed by atoms with Crippen LogP contribution in [0.1, 0.15) is 6.92 Å². The van der Waals surface area contributed by atoms with Crippen molar-refractivity contribution in [2.24, 2.45) is 0 Å². The number of esters is 1. The number of benzene rings is 3. The molecule has 148 valence electrons. The van der Waals surface area contributed by atoms with Gasteiger partial charge in [0.05, 0.1) is 6.54 Å². The maximum absolute atomic E-state index is 12.1. The van der Waals surface area contributed by atoms with Crippen LogP contribution in [0, 0.1) is 0 Å². The second-order valence-corrected chi connectivity index (χ2v) is 6.26. The number of rotatable bonds is 7. The standard InChI is InChI=1S/C23H21NO5/c1-16(2)22(25)27-15-14-24-23(26)29-21-13-12-20(18-10-6-7-11-19(18)21)28-17-8-4-3-5-9-17/h3-13H,1,14-15H2,2H3,(H,24,26). The fourth-order valence-electron chi connectivity index (χ4n) is 2.59. The lowest BCUT2D eigenvalue weighted by molar-refractivity contribution is -0.138. The molecule has 0 fully saturated rings. The van der Waals surface area contributed by atoms with Crippen LogP contribution in [0.15, 0.2) is 78.9 Å². The van der Waals surface area contributed by atoms with Crippen molar-refractivity contribution in [3.63, 3.8) is 0 Å². The molecule has 0 saturated heterocycles. The lowest BCUT2D eigenvalue weighted by Crippen LogP contribution is -2.30. The van der Waals surface area contributed by atoms with Crippen LogP contribution in [0.5, 0.6) is 17.2 Å². The first-order valence-corrected chi connectivity index (χ1v) is 9.07. The van der Waals surface area contributed by atoms with Crippen molar-refractivity contribution in [3.05, 3.63) is 78.9 Å². The van der Waals surface area contributed by atoms with E-state index >= 15 is 0 Å². The largest absolute Gasteiger partial charge is 0.460 e. The van der Waals surface area contributed by atoms with Crippen LogP contribution in [0.2, 0.25) is 0 Å². The molecule has 29 heavy (non-hydrogen) atoms. The molecule has 1 amide bonds. The van der Waals surface area contributed by atoms with Crippen molar-refractivity contribution >= 4 is 22.8 Å². The van der Waals surface area contributed by atoms with Gasteiger partial charge in [-0.25, -0.2) is 9.59 Å². The van der Waals surface area contributed by atoms with Gasteiger partial charge in [0.15, 0.2) is 0 Å². The summed E-state index contributed by atoms with van der Waals surface area (Å²) in [4.78, 5) is 23.4. The third kappa shape index (κ3) is 5.35. The summed E-state index contributed by atoms with van der Waals surface area (Å²) in [7, 11) is 0. The molecule has 0 heterocycles. The first kappa shape index (κ1) is 19.9. The molecule has 3 aromatic carbocycles. The van der Waals surface area contributed by atoms with Crippen LogP contribution in [0.25, 0.3) is 10.8 Å². The Hall–Kier alpha value is -3.80. The Labute approximate surface area is 168 Å². The summed E-state index contributed by atoms with van der Waals surface area (Å²) in [5.74, 6) is 1.28. The number of carbonyl (C=O) groups excluding carboxylic acids is 2. The second-order valence-electron chi connectivity index (χ2n) is 6.26. The summed E-state index contributed by atoms with van der Waals surface area (Å²) >= 11 is 0. The summed E-state index contributed by atoms with van der Waals surface area (Å²) in [6, 6.07) is 20.4. The highest BCUT2D eigenvalue weighted by Crippen LogP contribution is 2.35. The summed E-state index contributed by atoms with van der Waals surface area (Å²) in [6.07, 6.45) is -0.641. The Morgan fingerprint density at radius 2 is 1.52 bits per heavy atom. The molecule has 0 unspecified atom stereocenters. The van der Waals surface area contributed by atoms with Crippen molar-refractivity contribution in [1.82, 2.24) is 5.32 Å². The molecule has 0 spiro atoms. The molecule has 0 saturated carbocycles. The molecule has 0 atom stereocenters. The number of carbonyl (C=O) groups is 2. The highest BCUT2D eigenvalue weighted by atomic mass is 16.6. The van der Waals surface area contributed by atoms with Crippen molar-refractivity contribution in [1.29, 1.82) is 0 Å². The van der Waals surface area contributed by atoms with Crippen LogP contribution in [-0.2, 0) is 9.53 Å². The second kappa shape index (κ2) is 9.41. The van der Waals surface area contributed by atoms with Gasteiger partial charge < -0.3 is 19.5 Å². The topological polar surface area (TPSA) is 73.9 Å². The van der Waals surface area contributed by atoms with Crippen LogP contribution < -0.4 is 14.8 Å². The molecule has 6 heteroatoms. The van der Waals surface area contributed by atoms with Gasteiger partial charge in [-0.05, 0) is 31.2 Å². The van der Waals surface area contributed by atoms with Crippen molar-refractivity contribution < 1.29 is 23.8 Å². The summed E-state index contributed by atoms with van der Waals surface area (Å²) in [5, 5.41) is 4.10. The highest BCUT2D eigenvalue weighted by molar-refractivity contribution is 5.94. The zero-order chi connectivity index (χ0) is 20.6. The molecule has 0 radical (unpaired) electrons. The monoisotopic (exact) mass is 391 g/mol. The molecule has 3 rings (SSSR count). The molecule has 0 aliphatic heterocycles. The molecular weight excluding hydrogens is 370 g/mol. The maximum atomic E-state index is 12.1. The van der Waals surface area contributed by atoms with Gasteiger partial charge in [0.2, 0.25) is 0 Å². The average Bonchev–Trinajstić information content (AvgIpc) is 2.73. The molecule has 6 nitrogen and oxygen atoms in total. The van der Waals surface area contributed by atoms with Gasteiger partial charge in [-0.2, -0.15) is 0 Å². The predicted molar refractivity (Wildman–Crippen MR) is 110 cm³/mol. The summed E-state index contributed by atoms with van der Waals surface area (Å²) in [5.41, 5.74) is 0.303. The third-order valence-electron chi connectivity index (χ3n) is 3.97. The van der Waals surface area contributed by atoms with E-state index in [1.54, 1.807) is 19.1 Å². The van der Waals surface area contributed by atoms with Crippen molar-refractivity contribution in [2.45, 2.75) is 6.92 Å². The fraction of sp³-hybridized carbons (Fsp3) is 0.130. The Kier molecular flexibility index (Phi) is 6.47. The Morgan fingerprint density at radius 1 is 0.897 bits per heavy atom. The zero-order valence-corrected chi connectivity index (χ0v) is 16.0. The van der Waals surface area contributed by atoms with Crippen LogP contribution in [-0.4, -0.2) is 25.2 Å². The molecule has 0 bridgehead atoms. The number of hydrogen-bond donors (Lipinski definition) is 1. The number of nitrogens with one attached hydrogen (secondary N) is 1. The number of fused-ring (bicyclic) bond motifs is 1. The van der Waals surface area contributed by atoms with E-state index in [1.165, 1.54) is 0 Å². The number of para-hydroxylation sites is 1. The highest BCUT2D eigenvalue weighted by Gasteiger charge is 2.12. The SMILES string of the molecule is C=C(C)C(=O)OCCNC(=O)Oc1ccc(Oc2ccccc2)c2ccccc12. The summed E-state index contributed by atoms with van der Waals surface area (Å²) in [6.45, 7) is 5.21. The molecule has 0 aromatic heterocycles. The smallest absolute Gasteiger partial charge is 0.412 e. The van der Waals surface area contributed by atoms with Crippen LogP contribution in [0.4, 0.5) is 4.79 Å². The van der Waals surface area contributed by atoms with Gasteiger partial charge in [0.25, 0.3) is 0 Å². The van der Waals surface area contributed by atoms with Gasteiger partial charge in [0, 0.05) is 16.3 Å². The molecule has 1 N–H and O–H groups in total. The van der Waals surface area contributed by atoms with Crippen LogP contribution >= 0.6 is 0 Å². The zero-order valence-electron chi connectivity index (χ0n) is 16.0. The Bertz CT molecular complexity index is 1030. The van der Waals surface area contributed by atoms with E-state index < -0.39 is 12.1 Å². The quantitative estimate of drug-likeness (QED) is 0.354. The van der Waals surface area contributed by atoms with E-state index in [0.29, 0.717) is 22.8 Å². The van der Waals surface area contributed by atoms with Gasteiger partial charge in [-0.3, -0.25) is 0 Å². The lowest BCUT2D eigenvalue weighted by Gasteiger charge is -2.13. The fourth-order valence-corrected chi connectivity index (χ4v) is 2.59. The normalized spacial score (nSPS) is 10.2. The molecular formula is C23H21NO5. The Balaban J connectivity index is 1.67. The minimum Gasteiger partial charge on any atom is -0.460 e. The van der Waals surface area contributed by atoms with Crippen molar-refractivity contribution in [3.8, 4) is 17.2 Å². The third-order valence-corrected chi connectivity index (χ3v) is 3.97. The van der Waals surface area contributed by atoms with Gasteiger partial charge >= 0.3 is 12.1 Å². The van der Waals surface area contributed by atoms with Gasteiger partial charge in [0.1, 0.15) is 23.9 Å². The molecule has 0 aliphatic rings. The van der Waals surface area contributed by atoms with Gasteiger partial charge in [-0.1, -0.05) is 49.0 Å². The number of hydrogen-bond acceptors (Lipinski definition) is 5. The first-order valence-electron chi connectivity index (χ1n) is 9.07. The Morgan fingerprint density at radius 3 is 2.21 bits per heavy atom. The van der Waals surface area contributed by atoms with E-state index in [-0.39, 0.29) is 13.2 Å². The van der Waals surface area contributed by atoms with E-state index in [1.807, 2.05) is 54.6 Å². The maximum Gasteiger partial charge on any atom is 0.412 e. The van der Waals surface area contributed by atoms with E-state index in [4.69, 9.17) is 14.2 Å². The predicted octanol–water partition coefficient (Wildman–Crippen LogP) is 4.84. The van der Waals surface area contributed by atoms with Crippen LogP contribution in [0.3, 0.4) is 0 Å². The van der Waals surface area contributed by atoms with E-state index in [2.05, 4.69) is 11.9 Å². The van der Waals surface area contributed by atoms with E-state index in [0.717, 1.165) is 10.8 Å².